The number of rotatable bonds is 3. The number of nitrogens with one attached hydrogen (secondary N) is 2. The van der Waals surface area contributed by atoms with Gasteiger partial charge in [-0.15, -0.1) is 0 Å². The van der Waals surface area contributed by atoms with E-state index in [9.17, 15) is 4.79 Å². The molecule has 0 radical (unpaired) electrons. The number of aromatic amines is 1. The summed E-state index contributed by atoms with van der Waals surface area (Å²) in [4.78, 5) is 14.6. The summed E-state index contributed by atoms with van der Waals surface area (Å²) in [6.45, 7) is 2.10. The summed E-state index contributed by atoms with van der Waals surface area (Å²) in [6, 6.07) is 11.4. The third kappa shape index (κ3) is 2.31. The molecule has 1 amide bonds. The lowest BCUT2D eigenvalue weighted by Gasteiger charge is -2.04. The zero-order valence-corrected chi connectivity index (χ0v) is 9.16. The standard InChI is InChI=1S/C13H14N2O/c1-2-10-5-7-11(8-6-10)15-13(16)12-4-3-9-14-12/h3-9,14H,2H2,1H3,(H,15,16). The molecule has 0 aliphatic heterocycles. The van der Waals surface area contributed by atoms with E-state index in [1.807, 2.05) is 24.3 Å². The summed E-state index contributed by atoms with van der Waals surface area (Å²) < 4.78 is 0. The number of aryl methyl sites for hydroxylation is 1. The molecule has 0 aliphatic rings. The van der Waals surface area contributed by atoms with Crippen LogP contribution < -0.4 is 5.32 Å². The van der Waals surface area contributed by atoms with E-state index < -0.39 is 0 Å². The first kappa shape index (κ1) is 10.5. The molecule has 0 fully saturated rings. The van der Waals surface area contributed by atoms with E-state index in [1.165, 1.54) is 5.56 Å². The van der Waals surface area contributed by atoms with E-state index >= 15 is 0 Å². The lowest BCUT2D eigenvalue weighted by atomic mass is 10.1. The number of carbonyl (C=O) groups excluding carboxylic acids is 1. The van der Waals surface area contributed by atoms with Crippen molar-refractivity contribution in [3.05, 3.63) is 53.9 Å². The lowest BCUT2D eigenvalue weighted by molar-refractivity contribution is 0.102. The van der Waals surface area contributed by atoms with Crippen LogP contribution in [0, 0.1) is 0 Å². The van der Waals surface area contributed by atoms with E-state index in [-0.39, 0.29) is 5.91 Å². The highest BCUT2D eigenvalue weighted by Crippen LogP contribution is 2.11. The third-order valence-corrected chi connectivity index (χ3v) is 2.46. The summed E-state index contributed by atoms with van der Waals surface area (Å²) >= 11 is 0. The van der Waals surface area contributed by atoms with Gasteiger partial charge in [-0.2, -0.15) is 0 Å². The third-order valence-electron chi connectivity index (χ3n) is 2.46. The van der Waals surface area contributed by atoms with Gasteiger partial charge in [-0.25, -0.2) is 0 Å². The van der Waals surface area contributed by atoms with Crippen LogP contribution in [0.15, 0.2) is 42.6 Å². The fourth-order valence-electron chi connectivity index (χ4n) is 1.49. The second-order valence-electron chi connectivity index (χ2n) is 3.59. The average molecular weight is 214 g/mol. The van der Waals surface area contributed by atoms with E-state index in [0.29, 0.717) is 5.69 Å². The molecule has 1 aromatic carbocycles. The van der Waals surface area contributed by atoms with Crippen LogP contribution in [0.2, 0.25) is 0 Å². The average Bonchev–Trinajstić information content (AvgIpc) is 2.83. The summed E-state index contributed by atoms with van der Waals surface area (Å²) in [5.74, 6) is -0.116. The Hall–Kier alpha value is -2.03. The van der Waals surface area contributed by atoms with E-state index in [0.717, 1.165) is 12.1 Å². The highest BCUT2D eigenvalue weighted by atomic mass is 16.1. The van der Waals surface area contributed by atoms with Crippen LogP contribution >= 0.6 is 0 Å². The number of H-pyrrole nitrogens is 1. The van der Waals surface area contributed by atoms with Crippen LogP contribution in [0.1, 0.15) is 23.0 Å². The van der Waals surface area contributed by atoms with Crippen molar-refractivity contribution in [2.75, 3.05) is 5.32 Å². The zero-order chi connectivity index (χ0) is 11.4. The topological polar surface area (TPSA) is 44.9 Å². The van der Waals surface area contributed by atoms with Gasteiger partial charge in [0.1, 0.15) is 5.69 Å². The highest BCUT2D eigenvalue weighted by Gasteiger charge is 2.05. The van der Waals surface area contributed by atoms with E-state index in [1.54, 1.807) is 18.3 Å². The van der Waals surface area contributed by atoms with Gasteiger partial charge in [-0.05, 0) is 36.2 Å². The van der Waals surface area contributed by atoms with Gasteiger partial charge in [0.2, 0.25) is 0 Å². The Labute approximate surface area is 94.5 Å². The molecular formula is C13H14N2O. The molecule has 3 heteroatoms. The molecule has 0 saturated heterocycles. The number of amides is 1. The second-order valence-corrected chi connectivity index (χ2v) is 3.59. The van der Waals surface area contributed by atoms with Gasteiger partial charge in [-0.1, -0.05) is 19.1 Å². The highest BCUT2D eigenvalue weighted by molar-refractivity contribution is 6.02. The molecule has 2 aromatic rings. The Balaban J connectivity index is 2.06. The fraction of sp³-hybridized carbons (Fsp3) is 0.154. The number of benzene rings is 1. The summed E-state index contributed by atoms with van der Waals surface area (Å²) in [5, 5.41) is 2.83. The minimum absolute atomic E-state index is 0.116. The van der Waals surface area contributed by atoms with Crippen molar-refractivity contribution in [3.8, 4) is 0 Å². The first-order valence-corrected chi connectivity index (χ1v) is 5.33. The summed E-state index contributed by atoms with van der Waals surface area (Å²) in [5.41, 5.74) is 2.65. The van der Waals surface area contributed by atoms with Crippen LogP contribution in [0.5, 0.6) is 0 Å². The Morgan fingerprint density at radius 3 is 2.56 bits per heavy atom. The lowest BCUT2D eigenvalue weighted by Crippen LogP contribution is -2.11. The van der Waals surface area contributed by atoms with Crippen molar-refractivity contribution in [2.45, 2.75) is 13.3 Å². The van der Waals surface area contributed by atoms with Crippen molar-refractivity contribution in [2.24, 2.45) is 0 Å². The van der Waals surface area contributed by atoms with Crippen molar-refractivity contribution >= 4 is 11.6 Å². The van der Waals surface area contributed by atoms with Gasteiger partial charge in [0.25, 0.3) is 5.91 Å². The molecule has 0 bridgehead atoms. The predicted molar refractivity (Wildman–Crippen MR) is 64.6 cm³/mol. The molecule has 0 saturated carbocycles. The Kier molecular flexibility index (Phi) is 3.05. The quantitative estimate of drug-likeness (QED) is 0.810. The van der Waals surface area contributed by atoms with Crippen molar-refractivity contribution in [1.82, 2.24) is 4.98 Å². The Morgan fingerprint density at radius 1 is 1.25 bits per heavy atom. The van der Waals surface area contributed by atoms with Gasteiger partial charge >= 0.3 is 0 Å². The van der Waals surface area contributed by atoms with Crippen molar-refractivity contribution in [3.63, 3.8) is 0 Å². The molecule has 0 atom stereocenters. The molecule has 2 N–H and O–H groups in total. The smallest absolute Gasteiger partial charge is 0.272 e. The van der Waals surface area contributed by atoms with Crippen molar-refractivity contribution < 1.29 is 4.79 Å². The number of hydrogen-bond acceptors (Lipinski definition) is 1. The first-order valence-electron chi connectivity index (χ1n) is 5.33. The molecule has 16 heavy (non-hydrogen) atoms. The van der Waals surface area contributed by atoms with Gasteiger partial charge in [0.05, 0.1) is 0 Å². The fourth-order valence-corrected chi connectivity index (χ4v) is 1.49. The molecule has 1 heterocycles. The number of carbonyl (C=O) groups is 1. The Morgan fingerprint density at radius 2 is 2.00 bits per heavy atom. The van der Waals surface area contributed by atoms with Gasteiger partial charge in [-0.3, -0.25) is 4.79 Å². The molecule has 0 spiro atoms. The van der Waals surface area contributed by atoms with Crippen LogP contribution in [0.3, 0.4) is 0 Å². The molecule has 2 rings (SSSR count). The second kappa shape index (κ2) is 4.66. The maximum absolute atomic E-state index is 11.7. The van der Waals surface area contributed by atoms with Gasteiger partial charge in [0.15, 0.2) is 0 Å². The monoisotopic (exact) mass is 214 g/mol. The first-order chi connectivity index (χ1) is 7.79. The normalized spacial score (nSPS) is 10.1. The Bertz CT molecular complexity index is 457. The van der Waals surface area contributed by atoms with Crippen molar-refractivity contribution in [1.29, 1.82) is 0 Å². The minimum Gasteiger partial charge on any atom is -0.357 e. The van der Waals surface area contributed by atoms with Crippen LogP contribution in [-0.2, 0) is 6.42 Å². The van der Waals surface area contributed by atoms with E-state index in [2.05, 4.69) is 17.2 Å². The molecule has 1 aromatic heterocycles. The van der Waals surface area contributed by atoms with Crippen LogP contribution in [-0.4, -0.2) is 10.9 Å². The predicted octanol–water partition coefficient (Wildman–Crippen LogP) is 2.83. The molecule has 0 unspecified atom stereocenters. The number of anilines is 1. The van der Waals surface area contributed by atoms with Gasteiger partial charge in [0, 0.05) is 11.9 Å². The van der Waals surface area contributed by atoms with Crippen LogP contribution in [0.25, 0.3) is 0 Å². The number of hydrogen-bond donors (Lipinski definition) is 2. The molecular weight excluding hydrogens is 200 g/mol. The summed E-state index contributed by atoms with van der Waals surface area (Å²) in [7, 11) is 0. The minimum atomic E-state index is -0.116. The summed E-state index contributed by atoms with van der Waals surface area (Å²) in [6.07, 6.45) is 2.74. The SMILES string of the molecule is CCc1ccc(NC(=O)c2ccc[nH]2)cc1. The van der Waals surface area contributed by atoms with Gasteiger partial charge < -0.3 is 10.3 Å². The molecule has 82 valence electrons. The maximum Gasteiger partial charge on any atom is 0.272 e. The van der Waals surface area contributed by atoms with E-state index in [4.69, 9.17) is 0 Å². The number of aromatic nitrogens is 1. The maximum atomic E-state index is 11.7. The molecule has 0 aliphatic carbocycles. The van der Waals surface area contributed by atoms with Crippen LogP contribution in [0.4, 0.5) is 5.69 Å². The molecule has 3 nitrogen and oxygen atoms in total. The largest absolute Gasteiger partial charge is 0.357 e. The zero-order valence-electron chi connectivity index (χ0n) is 9.16.